The summed E-state index contributed by atoms with van der Waals surface area (Å²) in [4.78, 5) is 0. The summed E-state index contributed by atoms with van der Waals surface area (Å²) < 4.78 is 32.7. The van der Waals surface area contributed by atoms with Crippen LogP contribution in [0.2, 0.25) is 0 Å². The largest absolute Gasteiger partial charge is 0.377 e. The Morgan fingerprint density at radius 1 is 1.33 bits per heavy atom. The first-order valence-corrected chi connectivity index (χ1v) is 6.47. The number of hydrogen-bond donors (Lipinski definition) is 1. The van der Waals surface area contributed by atoms with Crippen LogP contribution in [-0.2, 0) is 4.74 Å². The highest BCUT2D eigenvalue weighted by Crippen LogP contribution is 2.21. The highest BCUT2D eigenvalue weighted by molar-refractivity contribution is 5.22. The molecule has 0 aromatic heterocycles. The van der Waals surface area contributed by atoms with Crippen molar-refractivity contribution in [2.45, 2.75) is 38.3 Å². The van der Waals surface area contributed by atoms with Crippen LogP contribution in [0, 0.1) is 11.6 Å². The SMILES string of the molecule is CC(NCC1CCCCO1)c1c(F)cccc1F. The third-order valence-electron chi connectivity index (χ3n) is 3.36. The van der Waals surface area contributed by atoms with Gasteiger partial charge in [-0.25, -0.2) is 8.78 Å². The zero-order valence-corrected chi connectivity index (χ0v) is 10.6. The predicted molar refractivity (Wildman–Crippen MR) is 66.4 cm³/mol. The van der Waals surface area contributed by atoms with Crippen molar-refractivity contribution in [2.75, 3.05) is 13.2 Å². The average Bonchev–Trinajstić information content (AvgIpc) is 2.37. The molecule has 4 heteroatoms. The van der Waals surface area contributed by atoms with Gasteiger partial charge in [0.2, 0.25) is 0 Å². The molecule has 2 rings (SSSR count). The van der Waals surface area contributed by atoms with Gasteiger partial charge in [0.1, 0.15) is 11.6 Å². The lowest BCUT2D eigenvalue weighted by Gasteiger charge is -2.25. The van der Waals surface area contributed by atoms with E-state index >= 15 is 0 Å². The molecule has 0 bridgehead atoms. The van der Waals surface area contributed by atoms with E-state index in [4.69, 9.17) is 4.74 Å². The molecule has 1 aromatic carbocycles. The monoisotopic (exact) mass is 255 g/mol. The summed E-state index contributed by atoms with van der Waals surface area (Å²) in [6.07, 6.45) is 3.44. The van der Waals surface area contributed by atoms with Crippen molar-refractivity contribution >= 4 is 0 Å². The Hall–Kier alpha value is -1.00. The van der Waals surface area contributed by atoms with Crippen LogP contribution in [0.4, 0.5) is 8.78 Å². The van der Waals surface area contributed by atoms with Crippen LogP contribution < -0.4 is 5.32 Å². The molecule has 1 N–H and O–H groups in total. The summed E-state index contributed by atoms with van der Waals surface area (Å²) in [5.41, 5.74) is 0.105. The van der Waals surface area contributed by atoms with E-state index in [1.54, 1.807) is 6.92 Å². The molecular weight excluding hydrogens is 236 g/mol. The van der Waals surface area contributed by atoms with E-state index < -0.39 is 11.6 Å². The van der Waals surface area contributed by atoms with Gasteiger partial charge in [0, 0.05) is 24.8 Å². The number of halogens is 2. The quantitative estimate of drug-likeness (QED) is 0.892. The maximum Gasteiger partial charge on any atom is 0.130 e. The number of ether oxygens (including phenoxy) is 1. The number of rotatable bonds is 4. The Kier molecular flexibility index (Phi) is 4.66. The molecule has 0 aliphatic carbocycles. The van der Waals surface area contributed by atoms with E-state index in [2.05, 4.69) is 5.32 Å². The highest BCUT2D eigenvalue weighted by Gasteiger charge is 2.18. The summed E-state index contributed by atoms with van der Waals surface area (Å²) in [5.74, 6) is -1.00. The van der Waals surface area contributed by atoms with E-state index in [1.165, 1.54) is 18.2 Å². The summed E-state index contributed by atoms with van der Waals surface area (Å²) in [6.45, 7) is 3.19. The van der Waals surface area contributed by atoms with Crippen molar-refractivity contribution in [3.05, 3.63) is 35.4 Å². The van der Waals surface area contributed by atoms with Crippen LogP contribution in [0.15, 0.2) is 18.2 Å². The van der Waals surface area contributed by atoms with Gasteiger partial charge in [0.25, 0.3) is 0 Å². The van der Waals surface area contributed by atoms with Gasteiger partial charge in [0.05, 0.1) is 6.10 Å². The molecule has 0 amide bonds. The van der Waals surface area contributed by atoms with Crippen molar-refractivity contribution in [2.24, 2.45) is 0 Å². The minimum Gasteiger partial charge on any atom is -0.377 e. The van der Waals surface area contributed by atoms with E-state index in [-0.39, 0.29) is 17.7 Å². The molecule has 1 fully saturated rings. The molecule has 2 nitrogen and oxygen atoms in total. The van der Waals surface area contributed by atoms with Crippen molar-refractivity contribution in [3.63, 3.8) is 0 Å². The first-order chi connectivity index (χ1) is 8.68. The smallest absolute Gasteiger partial charge is 0.130 e. The molecular formula is C14H19F2NO. The Labute approximate surface area is 106 Å². The second-order valence-electron chi connectivity index (χ2n) is 4.75. The minimum atomic E-state index is -0.500. The van der Waals surface area contributed by atoms with Gasteiger partial charge in [-0.3, -0.25) is 0 Å². The van der Waals surface area contributed by atoms with Gasteiger partial charge in [-0.1, -0.05) is 6.07 Å². The zero-order valence-electron chi connectivity index (χ0n) is 10.6. The molecule has 1 heterocycles. The van der Waals surface area contributed by atoms with Gasteiger partial charge < -0.3 is 10.1 Å². The molecule has 100 valence electrons. The third-order valence-corrected chi connectivity index (χ3v) is 3.36. The first-order valence-electron chi connectivity index (χ1n) is 6.47. The van der Waals surface area contributed by atoms with Gasteiger partial charge in [-0.15, -0.1) is 0 Å². The Morgan fingerprint density at radius 2 is 2.06 bits per heavy atom. The standard InChI is InChI=1S/C14H19F2NO/c1-10(14-12(15)6-4-7-13(14)16)17-9-11-5-2-3-8-18-11/h4,6-7,10-11,17H,2-3,5,8-9H2,1H3. The Morgan fingerprint density at radius 3 is 2.67 bits per heavy atom. The lowest BCUT2D eigenvalue weighted by Crippen LogP contribution is -2.33. The maximum atomic E-state index is 13.6. The average molecular weight is 255 g/mol. The second-order valence-corrected chi connectivity index (χ2v) is 4.75. The predicted octanol–water partition coefficient (Wildman–Crippen LogP) is 3.18. The van der Waals surface area contributed by atoms with Crippen LogP contribution in [0.3, 0.4) is 0 Å². The van der Waals surface area contributed by atoms with Crippen LogP contribution in [0.1, 0.15) is 37.8 Å². The normalized spacial score (nSPS) is 21.8. The number of hydrogen-bond acceptors (Lipinski definition) is 2. The molecule has 18 heavy (non-hydrogen) atoms. The summed E-state index contributed by atoms with van der Waals surface area (Å²) in [7, 11) is 0. The van der Waals surface area contributed by atoms with E-state index in [1.807, 2.05) is 0 Å². The van der Waals surface area contributed by atoms with Gasteiger partial charge in [-0.2, -0.15) is 0 Å². The van der Waals surface area contributed by atoms with Crippen molar-refractivity contribution in [1.29, 1.82) is 0 Å². The van der Waals surface area contributed by atoms with Gasteiger partial charge in [0.15, 0.2) is 0 Å². The molecule has 2 unspecified atom stereocenters. The fourth-order valence-electron chi connectivity index (χ4n) is 2.30. The maximum absolute atomic E-state index is 13.6. The highest BCUT2D eigenvalue weighted by atomic mass is 19.1. The lowest BCUT2D eigenvalue weighted by atomic mass is 10.1. The van der Waals surface area contributed by atoms with Crippen molar-refractivity contribution in [1.82, 2.24) is 5.32 Å². The zero-order chi connectivity index (χ0) is 13.0. The fraction of sp³-hybridized carbons (Fsp3) is 0.571. The molecule has 1 aliphatic heterocycles. The summed E-state index contributed by atoms with van der Waals surface area (Å²) in [5, 5.41) is 3.15. The van der Waals surface area contributed by atoms with Gasteiger partial charge in [-0.05, 0) is 38.3 Å². The molecule has 1 aliphatic rings. The molecule has 0 radical (unpaired) electrons. The van der Waals surface area contributed by atoms with Crippen LogP contribution >= 0.6 is 0 Å². The Bertz CT molecular complexity index is 371. The molecule has 0 saturated carbocycles. The lowest BCUT2D eigenvalue weighted by molar-refractivity contribution is 0.0155. The Balaban J connectivity index is 1.92. The topological polar surface area (TPSA) is 21.3 Å². The van der Waals surface area contributed by atoms with Gasteiger partial charge >= 0.3 is 0 Å². The van der Waals surface area contributed by atoms with Crippen LogP contribution in [0.25, 0.3) is 0 Å². The first kappa shape index (κ1) is 13.4. The van der Waals surface area contributed by atoms with Crippen molar-refractivity contribution in [3.8, 4) is 0 Å². The van der Waals surface area contributed by atoms with E-state index in [0.29, 0.717) is 6.54 Å². The fourth-order valence-corrected chi connectivity index (χ4v) is 2.30. The molecule has 1 aromatic rings. The van der Waals surface area contributed by atoms with Crippen LogP contribution in [0.5, 0.6) is 0 Å². The molecule has 0 spiro atoms. The summed E-state index contributed by atoms with van der Waals surface area (Å²) in [6, 6.07) is 3.60. The number of benzene rings is 1. The molecule has 2 atom stereocenters. The summed E-state index contributed by atoms with van der Waals surface area (Å²) >= 11 is 0. The van der Waals surface area contributed by atoms with Crippen molar-refractivity contribution < 1.29 is 13.5 Å². The van der Waals surface area contributed by atoms with Crippen LogP contribution in [-0.4, -0.2) is 19.3 Å². The van der Waals surface area contributed by atoms with E-state index in [9.17, 15) is 8.78 Å². The number of nitrogens with one attached hydrogen (secondary N) is 1. The third kappa shape index (κ3) is 3.27. The van der Waals surface area contributed by atoms with E-state index in [0.717, 1.165) is 25.9 Å². The second kappa shape index (κ2) is 6.25. The minimum absolute atomic E-state index is 0.105. The molecule has 1 saturated heterocycles.